The summed E-state index contributed by atoms with van der Waals surface area (Å²) < 4.78 is 32.0. The topological polar surface area (TPSA) is 72.5 Å². The number of benzene rings is 2. The summed E-state index contributed by atoms with van der Waals surface area (Å²) in [4.78, 5) is 11.9. The fraction of sp³-hybridized carbons (Fsp3) is 0.389. The Balaban J connectivity index is 1.58. The summed E-state index contributed by atoms with van der Waals surface area (Å²) in [7, 11) is -3.60. The number of hydrogen-bond acceptors (Lipinski definition) is 4. The molecule has 1 N–H and O–H groups in total. The van der Waals surface area contributed by atoms with Crippen LogP contribution in [0.4, 0.5) is 0 Å². The van der Waals surface area contributed by atoms with Crippen LogP contribution in [0.15, 0.2) is 42.5 Å². The van der Waals surface area contributed by atoms with Crippen molar-refractivity contribution in [2.45, 2.75) is 37.4 Å². The SMILES string of the molecule is O=C(COc1ccc2ccccc2c1)NS(=O)(=O)C1CCCCC1. The first kappa shape index (κ1) is 16.8. The molecular formula is C18H21NO4S. The molecule has 1 aliphatic carbocycles. The zero-order valence-corrected chi connectivity index (χ0v) is 14.2. The molecule has 0 radical (unpaired) electrons. The standard InChI is InChI=1S/C18H21NO4S/c20-18(19-24(21,22)17-8-2-1-3-9-17)13-23-16-11-10-14-6-4-5-7-15(14)12-16/h4-7,10-12,17H,1-3,8-9,13H2,(H,19,20). The van der Waals surface area contributed by atoms with E-state index in [2.05, 4.69) is 4.72 Å². The van der Waals surface area contributed by atoms with Gasteiger partial charge in [-0.15, -0.1) is 0 Å². The van der Waals surface area contributed by atoms with Crippen molar-refractivity contribution in [1.82, 2.24) is 4.72 Å². The van der Waals surface area contributed by atoms with Crippen molar-refractivity contribution in [2.75, 3.05) is 6.61 Å². The minimum absolute atomic E-state index is 0.315. The number of ether oxygens (including phenoxy) is 1. The average Bonchev–Trinajstić information content (AvgIpc) is 2.60. The van der Waals surface area contributed by atoms with Crippen LogP contribution in [-0.4, -0.2) is 26.2 Å². The summed E-state index contributed by atoms with van der Waals surface area (Å²) in [5.41, 5.74) is 0. The monoisotopic (exact) mass is 347 g/mol. The molecule has 1 fully saturated rings. The average molecular weight is 347 g/mol. The van der Waals surface area contributed by atoms with Crippen molar-refractivity contribution >= 4 is 26.7 Å². The van der Waals surface area contributed by atoms with E-state index in [1.165, 1.54) is 0 Å². The lowest BCUT2D eigenvalue weighted by Crippen LogP contribution is -2.41. The van der Waals surface area contributed by atoms with Crippen LogP contribution in [-0.2, 0) is 14.8 Å². The van der Waals surface area contributed by atoms with E-state index in [9.17, 15) is 13.2 Å². The van der Waals surface area contributed by atoms with Gasteiger partial charge in [-0.05, 0) is 35.7 Å². The van der Waals surface area contributed by atoms with E-state index in [-0.39, 0.29) is 6.61 Å². The van der Waals surface area contributed by atoms with E-state index in [0.717, 1.165) is 30.0 Å². The largest absolute Gasteiger partial charge is 0.484 e. The second-order valence-electron chi connectivity index (χ2n) is 6.13. The van der Waals surface area contributed by atoms with Crippen molar-refractivity contribution in [3.05, 3.63) is 42.5 Å². The van der Waals surface area contributed by atoms with Gasteiger partial charge < -0.3 is 4.74 Å². The molecule has 0 bridgehead atoms. The minimum Gasteiger partial charge on any atom is -0.484 e. The van der Waals surface area contributed by atoms with Crippen LogP contribution in [0.25, 0.3) is 10.8 Å². The van der Waals surface area contributed by atoms with Crippen molar-refractivity contribution in [2.24, 2.45) is 0 Å². The number of sulfonamides is 1. The molecule has 1 saturated carbocycles. The third kappa shape index (κ3) is 4.06. The van der Waals surface area contributed by atoms with Crippen LogP contribution in [0.3, 0.4) is 0 Å². The molecule has 24 heavy (non-hydrogen) atoms. The van der Waals surface area contributed by atoms with Crippen LogP contribution in [0.1, 0.15) is 32.1 Å². The summed E-state index contributed by atoms with van der Waals surface area (Å²) >= 11 is 0. The number of rotatable bonds is 5. The lowest BCUT2D eigenvalue weighted by Gasteiger charge is -2.21. The molecule has 0 unspecified atom stereocenters. The summed E-state index contributed by atoms with van der Waals surface area (Å²) in [6, 6.07) is 13.3. The van der Waals surface area contributed by atoms with E-state index in [4.69, 9.17) is 4.74 Å². The predicted octanol–water partition coefficient (Wildman–Crippen LogP) is 3.00. The number of amides is 1. The Bertz CT molecular complexity index is 826. The molecule has 3 rings (SSSR count). The first-order valence-electron chi connectivity index (χ1n) is 8.21. The van der Waals surface area contributed by atoms with Crippen molar-refractivity contribution in [1.29, 1.82) is 0 Å². The normalized spacial score (nSPS) is 16.0. The van der Waals surface area contributed by atoms with E-state index in [1.54, 1.807) is 6.07 Å². The van der Waals surface area contributed by atoms with Gasteiger partial charge in [0.2, 0.25) is 10.0 Å². The molecule has 0 aliphatic heterocycles. The first-order chi connectivity index (χ1) is 11.5. The molecule has 128 valence electrons. The number of fused-ring (bicyclic) bond motifs is 1. The van der Waals surface area contributed by atoms with Gasteiger partial charge in [-0.3, -0.25) is 4.79 Å². The minimum atomic E-state index is -3.60. The molecule has 2 aromatic carbocycles. The quantitative estimate of drug-likeness (QED) is 0.902. The number of nitrogens with one attached hydrogen (secondary N) is 1. The molecule has 1 amide bonds. The fourth-order valence-corrected chi connectivity index (χ4v) is 4.55. The van der Waals surface area contributed by atoms with Gasteiger partial charge in [0.05, 0.1) is 5.25 Å². The molecule has 6 heteroatoms. The molecule has 0 spiro atoms. The summed E-state index contributed by atoms with van der Waals surface area (Å²) in [6.45, 7) is -0.315. The Hall–Kier alpha value is -2.08. The summed E-state index contributed by atoms with van der Waals surface area (Å²) in [5, 5.41) is 1.62. The Kier molecular flexibility index (Phi) is 5.04. The third-order valence-corrected chi connectivity index (χ3v) is 6.20. The van der Waals surface area contributed by atoms with Gasteiger partial charge in [0.25, 0.3) is 5.91 Å². The Morgan fingerprint density at radius 3 is 2.50 bits per heavy atom. The van der Waals surface area contributed by atoms with E-state index < -0.39 is 21.2 Å². The summed E-state index contributed by atoms with van der Waals surface area (Å²) in [6.07, 6.45) is 4.09. The third-order valence-electron chi connectivity index (χ3n) is 4.34. The van der Waals surface area contributed by atoms with Crippen molar-refractivity contribution < 1.29 is 17.9 Å². The molecule has 0 aromatic heterocycles. The first-order valence-corrected chi connectivity index (χ1v) is 9.75. The Morgan fingerprint density at radius 1 is 1.04 bits per heavy atom. The Morgan fingerprint density at radius 2 is 1.75 bits per heavy atom. The highest BCUT2D eigenvalue weighted by atomic mass is 32.2. The molecule has 1 aliphatic rings. The molecule has 2 aromatic rings. The van der Waals surface area contributed by atoms with Crippen molar-refractivity contribution in [3.8, 4) is 5.75 Å². The molecule has 5 nitrogen and oxygen atoms in total. The molecule has 0 saturated heterocycles. The van der Waals surface area contributed by atoms with Crippen LogP contribution < -0.4 is 9.46 Å². The second-order valence-corrected chi connectivity index (χ2v) is 8.09. The van der Waals surface area contributed by atoms with Gasteiger partial charge in [0.1, 0.15) is 5.75 Å². The highest BCUT2D eigenvalue weighted by molar-refractivity contribution is 7.90. The van der Waals surface area contributed by atoms with Gasteiger partial charge in [0, 0.05) is 0 Å². The van der Waals surface area contributed by atoms with Gasteiger partial charge in [-0.25, -0.2) is 13.1 Å². The number of carbonyl (C=O) groups excluding carboxylic acids is 1. The molecule has 0 atom stereocenters. The summed E-state index contributed by atoms with van der Waals surface area (Å²) in [5.74, 6) is -0.0901. The van der Waals surface area contributed by atoms with Crippen LogP contribution >= 0.6 is 0 Å². The van der Waals surface area contributed by atoms with Crippen LogP contribution in [0.5, 0.6) is 5.75 Å². The zero-order valence-electron chi connectivity index (χ0n) is 13.4. The molecular weight excluding hydrogens is 326 g/mol. The van der Waals surface area contributed by atoms with Gasteiger partial charge >= 0.3 is 0 Å². The highest BCUT2D eigenvalue weighted by Gasteiger charge is 2.28. The fourth-order valence-electron chi connectivity index (χ4n) is 3.05. The van der Waals surface area contributed by atoms with E-state index in [1.807, 2.05) is 36.4 Å². The number of carbonyl (C=O) groups is 1. The maximum atomic E-state index is 12.2. The second kappa shape index (κ2) is 7.21. The lowest BCUT2D eigenvalue weighted by molar-refractivity contribution is -0.121. The van der Waals surface area contributed by atoms with Crippen LogP contribution in [0.2, 0.25) is 0 Å². The van der Waals surface area contributed by atoms with Crippen LogP contribution in [0, 0.1) is 0 Å². The lowest BCUT2D eigenvalue weighted by atomic mass is 10.0. The number of hydrogen-bond donors (Lipinski definition) is 1. The molecule has 0 heterocycles. The maximum Gasteiger partial charge on any atom is 0.271 e. The van der Waals surface area contributed by atoms with Gasteiger partial charge in [-0.1, -0.05) is 49.6 Å². The Labute approximate surface area is 142 Å². The maximum absolute atomic E-state index is 12.2. The van der Waals surface area contributed by atoms with E-state index in [0.29, 0.717) is 18.6 Å². The highest BCUT2D eigenvalue weighted by Crippen LogP contribution is 2.23. The predicted molar refractivity (Wildman–Crippen MR) is 93.4 cm³/mol. The van der Waals surface area contributed by atoms with Gasteiger partial charge in [0.15, 0.2) is 6.61 Å². The van der Waals surface area contributed by atoms with Gasteiger partial charge in [-0.2, -0.15) is 0 Å². The smallest absolute Gasteiger partial charge is 0.271 e. The van der Waals surface area contributed by atoms with Crippen molar-refractivity contribution in [3.63, 3.8) is 0 Å². The van der Waals surface area contributed by atoms with E-state index >= 15 is 0 Å². The zero-order chi connectivity index (χ0) is 17.0.